The maximum atomic E-state index is 13.7. The molecule has 0 spiro atoms. The highest BCUT2D eigenvalue weighted by Crippen LogP contribution is 2.24. The Morgan fingerprint density at radius 1 is 1.33 bits per heavy atom. The molecular weight excluding hydrogens is 339 g/mol. The van der Waals surface area contributed by atoms with Gasteiger partial charge in [-0.1, -0.05) is 11.6 Å². The molecule has 0 unspecified atom stereocenters. The van der Waals surface area contributed by atoms with E-state index in [1.54, 1.807) is 6.92 Å². The molecule has 2 aromatic carbocycles. The van der Waals surface area contributed by atoms with E-state index < -0.39 is 22.8 Å². The molecule has 0 aliphatic rings. The zero-order chi connectivity index (χ0) is 17.9. The normalized spacial score (nSPS) is 11.7. The molecule has 1 amide bonds. The molecule has 24 heavy (non-hydrogen) atoms. The number of hydrogen-bond acceptors (Lipinski definition) is 4. The van der Waals surface area contributed by atoms with E-state index in [4.69, 9.17) is 16.3 Å². The van der Waals surface area contributed by atoms with Crippen molar-refractivity contribution in [3.8, 4) is 5.75 Å². The summed E-state index contributed by atoms with van der Waals surface area (Å²) < 4.78 is 19.1. The van der Waals surface area contributed by atoms with Crippen molar-refractivity contribution < 1.29 is 18.8 Å². The van der Waals surface area contributed by atoms with Crippen molar-refractivity contribution in [2.24, 2.45) is 0 Å². The van der Waals surface area contributed by atoms with Crippen LogP contribution in [-0.4, -0.2) is 16.9 Å². The Morgan fingerprint density at radius 3 is 2.62 bits per heavy atom. The quantitative estimate of drug-likeness (QED) is 0.648. The maximum Gasteiger partial charge on any atom is 0.272 e. The van der Waals surface area contributed by atoms with E-state index in [1.165, 1.54) is 37.3 Å². The van der Waals surface area contributed by atoms with Gasteiger partial charge in [0.15, 0.2) is 6.10 Å². The number of carbonyl (C=O) groups is 1. The Hall–Kier alpha value is -2.67. The predicted octanol–water partition coefficient (Wildman–Crippen LogP) is 4.10. The van der Waals surface area contributed by atoms with Crippen molar-refractivity contribution in [2.75, 3.05) is 5.32 Å². The SMILES string of the molecule is Cc1cc(O[C@H](C)C(=O)Nc2ccc(Cl)cc2F)ccc1[N+](=O)[O-]. The van der Waals surface area contributed by atoms with Crippen LogP contribution in [0.4, 0.5) is 15.8 Å². The highest BCUT2D eigenvalue weighted by molar-refractivity contribution is 6.30. The van der Waals surface area contributed by atoms with Gasteiger partial charge in [0.2, 0.25) is 0 Å². The predicted molar refractivity (Wildman–Crippen MR) is 88.0 cm³/mol. The van der Waals surface area contributed by atoms with Crippen molar-refractivity contribution in [3.05, 3.63) is 62.9 Å². The van der Waals surface area contributed by atoms with Crippen LogP contribution in [0.2, 0.25) is 5.02 Å². The highest BCUT2D eigenvalue weighted by Gasteiger charge is 2.18. The van der Waals surface area contributed by atoms with Crippen molar-refractivity contribution >= 4 is 28.9 Å². The molecule has 126 valence electrons. The van der Waals surface area contributed by atoms with Crippen LogP contribution in [0.5, 0.6) is 5.75 Å². The molecule has 0 heterocycles. The molecule has 0 radical (unpaired) electrons. The van der Waals surface area contributed by atoms with E-state index in [0.29, 0.717) is 11.3 Å². The van der Waals surface area contributed by atoms with Gasteiger partial charge in [-0.3, -0.25) is 14.9 Å². The van der Waals surface area contributed by atoms with Crippen molar-refractivity contribution in [2.45, 2.75) is 20.0 Å². The number of benzene rings is 2. The molecule has 0 fully saturated rings. The third kappa shape index (κ3) is 4.20. The molecule has 0 aliphatic heterocycles. The Bertz CT molecular complexity index is 798. The Morgan fingerprint density at radius 2 is 2.04 bits per heavy atom. The summed E-state index contributed by atoms with van der Waals surface area (Å²) in [6.07, 6.45) is -0.930. The first-order valence-corrected chi connectivity index (χ1v) is 7.33. The number of nitro groups is 1. The maximum absolute atomic E-state index is 13.7. The summed E-state index contributed by atoms with van der Waals surface area (Å²) in [5.41, 5.74) is 0.358. The largest absolute Gasteiger partial charge is 0.481 e. The molecular formula is C16H14ClFN2O4. The summed E-state index contributed by atoms with van der Waals surface area (Å²) in [7, 11) is 0. The van der Waals surface area contributed by atoms with E-state index >= 15 is 0 Å². The molecule has 0 aliphatic carbocycles. The fraction of sp³-hybridized carbons (Fsp3) is 0.188. The molecule has 1 N–H and O–H groups in total. The number of nitro benzene ring substituents is 1. The Labute approximate surface area is 142 Å². The van der Waals surface area contributed by atoms with Crippen LogP contribution in [0.25, 0.3) is 0 Å². The molecule has 0 aromatic heterocycles. The van der Waals surface area contributed by atoms with E-state index in [2.05, 4.69) is 5.32 Å². The summed E-state index contributed by atoms with van der Waals surface area (Å²) in [6.45, 7) is 3.05. The standard InChI is InChI=1S/C16H14ClFN2O4/c1-9-7-12(4-6-15(9)20(22)23)24-10(2)16(21)19-14-5-3-11(17)8-13(14)18/h3-8,10H,1-2H3,(H,19,21)/t10-/m1/s1. The minimum Gasteiger partial charge on any atom is -0.481 e. The first kappa shape index (κ1) is 17.7. The highest BCUT2D eigenvalue weighted by atomic mass is 35.5. The molecule has 8 heteroatoms. The van der Waals surface area contributed by atoms with Gasteiger partial charge in [0.25, 0.3) is 11.6 Å². The summed E-state index contributed by atoms with van der Waals surface area (Å²) in [5, 5.41) is 13.4. The number of anilines is 1. The molecule has 6 nitrogen and oxygen atoms in total. The van der Waals surface area contributed by atoms with Gasteiger partial charge < -0.3 is 10.1 Å². The topological polar surface area (TPSA) is 81.5 Å². The lowest BCUT2D eigenvalue weighted by atomic mass is 10.2. The molecule has 0 bridgehead atoms. The van der Waals surface area contributed by atoms with Crippen molar-refractivity contribution in [3.63, 3.8) is 0 Å². The average Bonchev–Trinajstić information content (AvgIpc) is 2.49. The van der Waals surface area contributed by atoms with Crippen LogP contribution in [0.1, 0.15) is 12.5 Å². The third-order valence-electron chi connectivity index (χ3n) is 3.24. The van der Waals surface area contributed by atoms with Gasteiger partial charge in [-0.2, -0.15) is 0 Å². The van der Waals surface area contributed by atoms with Gasteiger partial charge in [0.1, 0.15) is 11.6 Å². The van der Waals surface area contributed by atoms with Crippen LogP contribution < -0.4 is 10.1 Å². The number of nitrogens with zero attached hydrogens (tertiary/aromatic N) is 1. The van der Waals surface area contributed by atoms with Gasteiger partial charge in [0.05, 0.1) is 10.6 Å². The van der Waals surface area contributed by atoms with Gasteiger partial charge in [0, 0.05) is 16.7 Å². The number of carbonyl (C=O) groups excluding carboxylic acids is 1. The summed E-state index contributed by atoms with van der Waals surface area (Å²) in [4.78, 5) is 22.3. The third-order valence-corrected chi connectivity index (χ3v) is 3.47. The first-order valence-electron chi connectivity index (χ1n) is 6.95. The van der Waals surface area contributed by atoms with E-state index in [-0.39, 0.29) is 16.4 Å². The zero-order valence-electron chi connectivity index (χ0n) is 12.9. The summed E-state index contributed by atoms with van der Waals surface area (Å²) >= 11 is 5.65. The van der Waals surface area contributed by atoms with Crippen LogP contribution >= 0.6 is 11.6 Å². The smallest absolute Gasteiger partial charge is 0.272 e. The minimum atomic E-state index is -0.930. The second-order valence-electron chi connectivity index (χ2n) is 5.08. The van der Waals surface area contributed by atoms with Gasteiger partial charge >= 0.3 is 0 Å². The lowest BCUT2D eigenvalue weighted by Crippen LogP contribution is -2.30. The number of rotatable bonds is 5. The van der Waals surface area contributed by atoms with E-state index in [1.807, 2.05) is 0 Å². The fourth-order valence-electron chi connectivity index (χ4n) is 1.99. The molecule has 0 saturated heterocycles. The lowest BCUT2D eigenvalue weighted by Gasteiger charge is -2.15. The van der Waals surface area contributed by atoms with Gasteiger partial charge in [-0.15, -0.1) is 0 Å². The van der Waals surface area contributed by atoms with Crippen LogP contribution in [0.15, 0.2) is 36.4 Å². The van der Waals surface area contributed by atoms with E-state index in [0.717, 1.165) is 6.07 Å². The second kappa shape index (κ2) is 7.27. The Balaban J connectivity index is 2.06. The zero-order valence-corrected chi connectivity index (χ0v) is 13.6. The lowest BCUT2D eigenvalue weighted by molar-refractivity contribution is -0.385. The number of ether oxygens (including phenoxy) is 1. The van der Waals surface area contributed by atoms with Gasteiger partial charge in [-0.05, 0) is 44.2 Å². The van der Waals surface area contributed by atoms with Crippen LogP contribution in [-0.2, 0) is 4.79 Å². The van der Waals surface area contributed by atoms with E-state index in [9.17, 15) is 19.3 Å². The number of amides is 1. The number of halogens is 2. The first-order chi connectivity index (χ1) is 11.3. The average molecular weight is 353 g/mol. The van der Waals surface area contributed by atoms with Gasteiger partial charge in [-0.25, -0.2) is 4.39 Å². The summed E-state index contributed by atoms with van der Waals surface area (Å²) in [5.74, 6) is -0.918. The number of hydrogen-bond donors (Lipinski definition) is 1. The molecule has 0 saturated carbocycles. The summed E-state index contributed by atoms with van der Waals surface area (Å²) in [6, 6.07) is 8.04. The molecule has 2 rings (SSSR count). The number of nitrogens with one attached hydrogen (secondary N) is 1. The molecule has 1 atom stereocenters. The minimum absolute atomic E-state index is 0.0141. The van der Waals surface area contributed by atoms with Crippen LogP contribution in [0, 0.1) is 22.9 Å². The fourth-order valence-corrected chi connectivity index (χ4v) is 2.15. The number of aryl methyl sites for hydroxylation is 1. The molecule has 2 aromatic rings. The Kier molecular flexibility index (Phi) is 5.35. The van der Waals surface area contributed by atoms with Crippen LogP contribution in [0.3, 0.4) is 0 Å². The van der Waals surface area contributed by atoms with Crippen molar-refractivity contribution in [1.29, 1.82) is 0 Å². The second-order valence-corrected chi connectivity index (χ2v) is 5.52. The van der Waals surface area contributed by atoms with Crippen molar-refractivity contribution in [1.82, 2.24) is 0 Å². The monoisotopic (exact) mass is 352 g/mol.